The minimum Gasteiger partial charge on any atom is -0.323 e. The Morgan fingerprint density at radius 2 is 1.81 bits per heavy atom. The highest BCUT2D eigenvalue weighted by molar-refractivity contribution is 9.11. The molecule has 3 nitrogen and oxygen atoms in total. The topological polar surface area (TPSA) is 50.9 Å². The molecule has 1 heterocycles. The summed E-state index contributed by atoms with van der Waals surface area (Å²) in [6.45, 7) is 3.98. The molecule has 5 heteroatoms. The Morgan fingerprint density at radius 3 is 2.44 bits per heavy atom. The van der Waals surface area contributed by atoms with E-state index in [-0.39, 0.29) is 0 Å². The van der Waals surface area contributed by atoms with Gasteiger partial charge in [0.05, 0.1) is 11.2 Å². The molecule has 2 rings (SSSR count). The number of fused-ring (bicyclic) bond motifs is 1. The van der Waals surface area contributed by atoms with E-state index in [4.69, 9.17) is 5.84 Å². The number of nitrogens with one attached hydrogen (secondary N) is 1. The first-order valence-corrected chi connectivity index (χ1v) is 6.36. The van der Waals surface area contributed by atoms with Crippen LogP contribution in [0.2, 0.25) is 0 Å². The number of rotatable bonds is 1. The number of aromatic nitrogens is 1. The molecule has 0 unspecified atom stereocenters. The van der Waals surface area contributed by atoms with Crippen LogP contribution in [0.25, 0.3) is 10.9 Å². The van der Waals surface area contributed by atoms with E-state index < -0.39 is 0 Å². The fraction of sp³-hybridized carbons (Fsp3) is 0.182. The van der Waals surface area contributed by atoms with Gasteiger partial charge in [-0.25, -0.2) is 0 Å². The van der Waals surface area contributed by atoms with Crippen LogP contribution in [-0.2, 0) is 0 Å². The van der Waals surface area contributed by atoms with Crippen LogP contribution < -0.4 is 11.3 Å². The smallest absolute Gasteiger partial charge is 0.0880 e. The van der Waals surface area contributed by atoms with Crippen LogP contribution in [-0.4, -0.2) is 4.98 Å². The summed E-state index contributed by atoms with van der Waals surface area (Å²) < 4.78 is 1.94. The molecule has 0 saturated carbocycles. The molecule has 0 radical (unpaired) electrons. The molecule has 0 spiro atoms. The van der Waals surface area contributed by atoms with Crippen molar-refractivity contribution < 1.29 is 0 Å². The van der Waals surface area contributed by atoms with E-state index in [1.54, 1.807) is 0 Å². The van der Waals surface area contributed by atoms with Crippen LogP contribution in [0.4, 0.5) is 5.69 Å². The van der Waals surface area contributed by atoms with Gasteiger partial charge >= 0.3 is 0 Å². The molecule has 0 aliphatic rings. The SMILES string of the molecule is Cc1nc2c(Br)ccc(Br)c2c(NN)c1C. The second-order valence-corrected chi connectivity index (χ2v) is 5.30. The highest BCUT2D eigenvalue weighted by atomic mass is 79.9. The zero-order valence-electron chi connectivity index (χ0n) is 8.94. The molecule has 16 heavy (non-hydrogen) atoms. The fourth-order valence-corrected chi connectivity index (χ4v) is 2.63. The van der Waals surface area contributed by atoms with Gasteiger partial charge in [-0.2, -0.15) is 0 Å². The van der Waals surface area contributed by atoms with E-state index in [1.165, 1.54) is 0 Å². The van der Waals surface area contributed by atoms with Crippen molar-refractivity contribution in [1.29, 1.82) is 0 Å². The fourth-order valence-electron chi connectivity index (χ4n) is 1.69. The number of nitrogens with zero attached hydrogens (tertiary/aromatic N) is 1. The standard InChI is InChI=1S/C11H11Br2N3/c1-5-6(2)15-11-8(13)4-3-7(12)9(11)10(5)16-14/h3-4H,14H2,1-2H3,(H,15,16). The summed E-state index contributed by atoms with van der Waals surface area (Å²) >= 11 is 7.03. The summed E-state index contributed by atoms with van der Waals surface area (Å²) in [4.78, 5) is 4.57. The first-order valence-electron chi connectivity index (χ1n) is 4.77. The Kier molecular flexibility index (Phi) is 3.19. The molecule has 3 N–H and O–H groups in total. The van der Waals surface area contributed by atoms with E-state index in [9.17, 15) is 0 Å². The van der Waals surface area contributed by atoms with Crippen molar-refractivity contribution in [1.82, 2.24) is 4.98 Å². The van der Waals surface area contributed by atoms with Crippen molar-refractivity contribution in [3.63, 3.8) is 0 Å². The number of nitrogens with two attached hydrogens (primary N) is 1. The van der Waals surface area contributed by atoms with Crippen LogP contribution in [0.5, 0.6) is 0 Å². The molecule has 0 fully saturated rings. The van der Waals surface area contributed by atoms with E-state index in [0.717, 1.165) is 36.8 Å². The zero-order chi connectivity index (χ0) is 11.9. The summed E-state index contributed by atoms with van der Waals surface area (Å²) in [7, 11) is 0. The van der Waals surface area contributed by atoms with Gasteiger partial charge in [-0.3, -0.25) is 10.8 Å². The van der Waals surface area contributed by atoms with E-state index in [2.05, 4.69) is 42.3 Å². The van der Waals surface area contributed by atoms with Gasteiger partial charge in [0.25, 0.3) is 0 Å². The van der Waals surface area contributed by atoms with E-state index in [0.29, 0.717) is 0 Å². The third-order valence-electron chi connectivity index (χ3n) is 2.67. The maximum Gasteiger partial charge on any atom is 0.0880 e. The van der Waals surface area contributed by atoms with Crippen LogP contribution in [0.3, 0.4) is 0 Å². The van der Waals surface area contributed by atoms with Crippen LogP contribution in [0.1, 0.15) is 11.3 Å². The Bertz CT molecular complexity index is 567. The molecule has 0 bridgehead atoms. The molecule has 0 aliphatic carbocycles. The molecular weight excluding hydrogens is 334 g/mol. The Morgan fingerprint density at radius 1 is 1.19 bits per heavy atom. The number of halogens is 2. The number of hydrazine groups is 1. The van der Waals surface area contributed by atoms with Crippen LogP contribution in [0, 0.1) is 13.8 Å². The first-order chi connectivity index (χ1) is 7.56. The van der Waals surface area contributed by atoms with Gasteiger partial charge in [-0.15, -0.1) is 0 Å². The number of anilines is 1. The summed E-state index contributed by atoms with van der Waals surface area (Å²) in [5.74, 6) is 5.59. The molecular formula is C11H11Br2N3. The van der Waals surface area contributed by atoms with Gasteiger partial charge in [0, 0.05) is 20.0 Å². The summed E-state index contributed by atoms with van der Waals surface area (Å²) in [5.41, 5.74) is 6.61. The maximum absolute atomic E-state index is 5.59. The number of pyridine rings is 1. The van der Waals surface area contributed by atoms with Gasteiger partial charge in [0.15, 0.2) is 0 Å². The Balaban J connectivity index is 3.02. The van der Waals surface area contributed by atoms with Gasteiger partial charge in [-0.1, -0.05) is 15.9 Å². The monoisotopic (exact) mass is 343 g/mol. The molecule has 1 aromatic carbocycles. The van der Waals surface area contributed by atoms with Crippen LogP contribution in [0.15, 0.2) is 21.1 Å². The quantitative estimate of drug-likeness (QED) is 0.613. The molecule has 1 aromatic heterocycles. The van der Waals surface area contributed by atoms with Gasteiger partial charge < -0.3 is 5.43 Å². The minimum absolute atomic E-state index is 0.908. The lowest BCUT2D eigenvalue weighted by molar-refractivity contribution is 1.18. The highest BCUT2D eigenvalue weighted by Crippen LogP contribution is 2.36. The average Bonchev–Trinajstić information content (AvgIpc) is 2.26. The van der Waals surface area contributed by atoms with Crippen molar-refractivity contribution >= 4 is 48.5 Å². The largest absolute Gasteiger partial charge is 0.323 e. The Labute approximate surface area is 111 Å². The predicted octanol–water partition coefficient (Wildman–Crippen LogP) is 3.66. The van der Waals surface area contributed by atoms with E-state index in [1.807, 2.05) is 26.0 Å². The summed E-state index contributed by atoms with van der Waals surface area (Å²) in [6.07, 6.45) is 0. The number of hydrogen-bond acceptors (Lipinski definition) is 3. The Hall–Kier alpha value is -0.650. The van der Waals surface area contributed by atoms with Crippen molar-refractivity contribution in [3.8, 4) is 0 Å². The zero-order valence-corrected chi connectivity index (χ0v) is 12.1. The second kappa shape index (κ2) is 4.31. The van der Waals surface area contributed by atoms with Gasteiger partial charge in [0.1, 0.15) is 0 Å². The minimum atomic E-state index is 0.908. The molecule has 0 saturated heterocycles. The molecule has 0 atom stereocenters. The normalized spacial score (nSPS) is 10.8. The third kappa shape index (κ3) is 1.73. The number of aryl methyl sites for hydroxylation is 1. The summed E-state index contributed by atoms with van der Waals surface area (Å²) in [6, 6.07) is 3.94. The van der Waals surface area contributed by atoms with E-state index >= 15 is 0 Å². The molecule has 0 amide bonds. The lowest BCUT2D eigenvalue weighted by Gasteiger charge is -2.13. The van der Waals surface area contributed by atoms with Gasteiger partial charge in [0.2, 0.25) is 0 Å². The number of benzene rings is 1. The maximum atomic E-state index is 5.59. The van der Waals surface area contributed by atoms with Crippen LogP contribution >= 0.6 is 31.9 Å². The van der Waals surface area contributed by atoms with Crippen molar-refractivity contribution in [2.24, 2.45) is 5.84 Å². The number of hydrogen-bond donors (Lipinski definition) is 2. The van der Waals surface area contributed by atoms with Crippen molar-refractivity contribution in [3.05, 3.63) is 32.3 Å². The average molecular weight is 345 g/mol. The predicted molar refractivity (Wildman–Crippen MR) is 74.4 cm³/mol. The van der Waals surface area contributed by atoms with Crippen molar-refractivity contribution in [2.45, 2.75) is 13.8 Å². The van der Waals surface area contributed by atoms with Crippen molar-refractivity contribution in [2.75, 3.05) is 5.43 Å². The molecule has 84 valence electrons. The second-order valence-electron chi connectivity index (χ2n) is 3.59. The molecule has 2 aromatic rings. The number of nitrogen functional groups attached to an aromatic ring is 1. The first kappa shape index (κ1) is 11.8. The highest BCUT2D eigenvalue weighted by Gasteiger charge is 2.13. The summed E-state index contributed by atoms with van der Waals surface area (Å²) in [5, 5.41) is 1.000. The lowest BCUT2D eigenvalue weighted by Crippen LogP contribution is -2.10. The van der Waals surface area contributed by atoms with Gasteiger partial charge in [-0.05, 0) is 47.5 Å². The third-order valence-corrected chi connectivity index (χ3v) is 3.97. The lowest BCUT2D eigenvalue weighted by atomic mass is 10.1. The molecule has 0 aliphatic heterocycles.